The molecule has 1 aromatic carbocycles. The molecule has 0 radical (unpaired) electrons. The second-order valence-corrected chi connectivity index (χ2v) is 8.20. The largest absolute Gasteiger partial charge is 0.511 e. The minimum Gasteiger partial charge on any atom is -0.511 e. The van der Waals surface area contributed by atoms with Crippen LogP contribution in [0.15, 0.2) is 58.4 Å². The lowest BCUT2D eigenvalue weighted by molar-refractivity contribution is -0.117. The van der Waals surface area contributed by atoms with Crippen LogP contribution in [0.2, 0.25) is 0 Å². The number of allylic oxidation sites excluding steroid dienone is 2. The van der Waals surface area contributed by atoms with Gasteiger partial charge in [0.2, 0.25) is 0 Å². The molecule has 3 aromatic rings. The van der Waals surface area contributed by atoms with E-state index in [-0.39, 0.29) is 17.0 Å². The molecular weight excluding hydrogens is 346 g/mol. The van der Waals surface area contributed by atoms with Crippen LogP contribution in [0.3, 0.4) is 0 Å². The first-order valence-electron chi connectivity index (χ1n) is 8.43. The van der Waals surface area contributed by atoms with Crippen molar-refractivity contribution >= 4 is 34.0 Å². The Balaban J connectivity index is 1.55. The second-order valence-electron chi connectivity index (χ2n) is 7.33. The van der Waals surface area contributed by atoms with Crippen LogP contribution in [0.1, 0.15) is 26.7 Å². The molecule has 1 N–H and O–H groups in total. The normalized spacial score (nSPS) is 17.5. The lowest BCUT2D eigenvalue weighted by atomic mass is 9.77. The molecule has 2 aromatic heterocycles. The minimum atomic E-state index is -0.196. The standard InChI is InChI=1S/C20H19N3O2S/c1-20(2)9-17(24)15(18(25)10-20)11-21-14-5-3-13(4-6-14)16-12-23-7-8-26-19(23)22-16/h3-8,11-12,24H,9-10H2,1-2H3. The molecule has 0 bridgehead atoms. The fourth-order valence-corrected chi connectivity index (χ4v) is 3.87. The maximum absolute atomic E-state index is 12.2. The van der Waals surface area contributed by atoms with Crippen LogP contribution in [-0.2, 0) is 4.79 Å². The summed E-state index contributed by atoms with van der Waals surface area (Å²) in [7, 11) is 0. The van der Waals surface area contributed by atoms with E-state index in [0.29, 0.717) is 18.4 Å². The smallest absolute Gasteiger partial charge is 0.194 e. The van der Waals surface area contributed by atoms with E-state index in [1.54, 1.807) is 11.3 Å². The number of ketones is 1. The molecule has 0 amide bonds. The molecule has 0 saturated carbocycles. The monoisotopic (exact) mass is 365 g/mol. The Bertz CT molecular complexity index is 1010. The molecule has 5 nitrogen and oxygen atoms in total. The third kappa shape index (κ3) is 3.20. The van der Waals surface area contributed by atoms with Crippen LogP contribution in [0, 0.1) is 5.41 Å². The van der Waals surface area contributed by atoms with Crippen molar-refractivity contribution in [1.82, 2.24) is 9.38 Å². The topological polar surface area (TPSA) is 67.0 Å². The van der Waals surface area contributed by atoms with Crippen molar-refractivity contribution in [3.8, 4) is 11.3 Å². The van der Waals surface area contributed by atoms with Crippen molar-refractivity contribution in [3.63, 3.8) is 0 Å². The first-order chi connectivity index (χ1) is 12.4. The van der Waals surface area contributed by atoms with E-state index in [4.69, 9.17) is 0 Å². The van der Waals surface area contributed by atoms with Crippen LogP contribution in [0.25, 0.3) is 16.2 Å². The van der Waals surface area contributed by atoms with Crippen LogP contribution in [0.5, 0.6) is 0 Å². The third-order valence-corrected chi connectivity index (χ3v) is 5.27. The van der Waals surface area contributed by atoms with Gasteiger partial charge in [-0.15, -0.1) is 11.3 Å². The van der Waals surface area contributed by atoms with Crippen LogP contribution < -0.4 is 0 Å². The molecular formula is C20H19N3O2S. The number of imidazole rings is 1. The molecule has 0 saturated heterocycles. The molecule has 1 aliphatic carbocycles. The Morgan fingerprint density at radius 2 is 2.04 bits per heavy atom. The summed E-state index contributed by atoms with van der Waals surface area (Å²) in [4.78, 5) is 22.1. The number of carbonyl (C=O) groups excluding carboxylic acids is 1. The number of aromatic nitrogens is 2. The molecule has 2 heterocycles. The molecule has 4 rings (SSSR count). The van der Waals surface area contributed by atoms with Gasteiger partial charge >= 0.3 is 0 Å². The summed E-state index contributed by atoms with van der Waals surface area (Å²) in [6.07, 6.45) is 6.38. The summed E-state index contributed by atoms with van der Waals surface area (Å²) in [6, 6.07) is 7.68. The number of aliphatic hydroxyl groups excluding tert-OH is 1. The SMILES string of the molecule is CC1(C)CC(=O)C(C=Nc2ccc(-c3cn4ccsc4n3)cc2)=C(O)C1. The number of aliphatic hydroxyl groups is 1. The maximum atomic E-state index is 12.2. The van der Waals surface area contributed by atoms with Gasteiger partial charge in [0.15, 0.2) is 10.7 Å². The van der Waals surface area contributed by atoms with E-state index in [9.17, 15) is 9.90 Å². The molecule has 0 atom stereocenters. The predicted molar refractivity (Wildman–Crippen MR) is 104 cm³/mol. The number of benzene rings is 1. The van der Waals surface area contributed by atoms with Gasteiger partial charge in [-0.3, -0.25) is 14.2 Å². The highest BCUT2D eigenvalue weighted by Gasteiger charge is 2.32. The van der Waals surface area contributed by atoms with Gasteiger partial charge in [-0.25, -0.2) is 4.98 Å². The van der Waals surface area contributed by atoms with E-state index in [0.717, 1.165) is 21.9 Å². The van der Waals surface area contributed by atoms with Crippen molar-refractivity contribution in [3.05, 3.63) is 53.4 Å². The number of aliphatic imine (C=N–C) groups is 1. The first-order valence-corrected chi connectivity index (χ1v) is 9.31. The summed E-state index contributed by atoms with van der Waals surface area (Å²) < 4.78 is 2.00. The quantitative estimate of drug-likeness (QED) is 0.667. The Kier molecular flexibility index (Phi) is 4.00. The van der Waals surface area contributed by atoms with E-state index >= 15 is 0 Å². The van der Waals surface area contributed by atoms with Gasteiger partial charge in [0.25, 0.3) is 0 Å². The van der Waals surface area contributed by atoms with Crippen molar-refractivity contribution in [1.29, 1.82) is 0 Å². The molecule has 6 heteroatoms. The Morgan fingerprint density at radius 1 is 1.27 bits per heavy atom. The van der Waals surface area contributed by atoms with Gasteiger partial charge in [0.05, 0.1) is 17.0 Å². The van der Waals surface area contributed by atoms with Crippen molar-refractivity contribution in [2.24, 2.45) is 10.4 Å². The third-order valence-electron chi connectivity index (χ3n) is 4.50. The van der Waals surface area contributed by atoms with Crippen LogP contribution in [0.4, 0.5) is 5.69 Å². The molecule has 0 aliphatic heterocycles. The fraction of sp³-hybridized carbons (Fsp3) is 0.250. The highest BCUT2D eigenvalue weighted by Crippen LogP contribution is 2.35. The summed E-state index contributed by atoms with van der Waals surface area (Å²) in [5.74, 6) is 0.0712. The van der Waals surface area contributed by atoms with Crippen LogP contribution in [-0.4, -0.2) is 26.5 Å². The molecule has 132 valence electrons. The number of thiazole rings is 1. The van der Waals surface area contributed by atoms with Gasteiger partial charge in [-0.1, -0.05) is 26.0 Å². The van der Waals surface area contributed by atoms with Gasteiger partial charge in [-0.2, -0.15) is 0 Å². The minimum absolute atomic E-state index is 0.0581. The second kappa shape index (κ2) is 6.21. The summed E-state index contributed by atoms with van der Waals surface area (Å²) >= 11 is 1.60. The predicted octanol–water partition coefficient (Wildman–Crippen LogP) is 4.97. The number of fused-ring (bicyclic) bond motifs is 1. The highest BCUT2D eigenvalue weighted by molar-refractivity contribution is 7.15. The number of Topliss-reactive ketones (excluding diaryl/α,β-unsaturated/α-hetero) is 1. The van der Waals surface area contributed by atoms with Crippen molar-refractivity contribution in [2.75, 3.05) is 0 Å². The van der Waals surface area contributed by atoms with Gasteiger partial charge in [0, 0.05) is 42.4 Å². The first kappa shape index (κ1) is 16.7. The Labute approximate surface area is 155 Å². The Morgan fingerprint density at radius 3 is 2.73 bits per heavy atom. The average molecular weight is 365 g/mol. The molecule has 0 fully saturated rings. The highest BCUT2D eigenvalue weighted by atomic mass is 32.1. The van der Waals surface area contributed by atoms with Crippen LogP contribution >= 0.6 is 11.3 Å². The zero-order chi connectivity index (χ0) is 18.3. The fourth-order valence-electron chi connectivity index (χ4n) is 3.17. The van der Waals surface area contributed by atoms with Crippen molar-refractivity contribution in [2.45, 2.75) is 26.7 Å². The maximum Gasteiger partial charge on any atom is 0.194 e. The van der Waals surface area contributed by atoms with Gasteiger partial charge in [-0.05, 0) is 17.5 Å². The van der Waals surface area contributed by atoms with Gasteiger partial charge in [0.1, 0.15) is 5.76 Å². The molecule has 0 unspecified atom stereocenters. The summed E-state index contributed by atoms with van der Waals surface area (Å²) in [5.41, 5.74) is 2.78. The van der Waals surface area contributed by atoms with Gasteiger partial charge < -0.3 is 5.11 Å². The molecule has 0 spiro atoms. The van der Waals surface area contributed by atoms with E-state index in [2.05, 4.69) is 9.98 Å². The number of hydrogen-bond donors (Lipinski definition) is 1. The zero-order valence-corrected chi connectivity index (χ0v) is 15.5. The van der Waals surface area contributed by atoms with E-state index in [1.165, 1.54) is 6.21 Å². The zero-order valence-electron chi connectivity index (χ0n) is 14.6. The van der Waals surface area contributed by atoms with Crippen molar-refractivity contribution < 1.29 is 9.90 Å². The van der Waals surface area contributed by atoms with E-state index < -0.39 is 0 Å². The Hall–Kier alpha value is -2.73. The van der Waals surface area contributed by atoms with E-state index in [1.807, 2.05) is 60.3 Å². The number of rotatable bonds is 3. The summed E-state index contributed by atoms with van der Waals surface area (Å²) in [6.45, 7) is 3.96. The molecule has 26 heavy (non-hydrogen) atoms. The number of nitrogens with zero attached hydrogens (tertiary/aromatic N) is 3. The lowest BCUT2D eigenvalue weighted by Gasteiger charge is -2.28. The lowest BCUT2D eigenvalue weighted by Crippen LogP contribution is -2.26. The average Bonchev–Trinajstić information content (AvgIpc) is 3.15. The molecule has 1 aliphatic rings. The number of hydrogen-bond acceptors (Lipinski definition) is 5. The summed E-state index contributed by atoms with van der Waals surface area (Å²) in [5, 5.41) is 12.2. The number of carbonyl (C=O) groups is 1.